The monoisotopic (exact) mass is 568 g/mol. The molecule has 3 aromatic carbocycles. The highest BCUT2D eigenvalue weighted by atomic mass is 35.5. The molecule has 1 aliphatic carbocycles. The van der Waals surface area contributed by atoms with Gasteiger partial charge < -0.3 is 4.90 Å². The molecule has 0 bridgehead atoms. The van der Waals surface area contributed by atoms with Gasteiger partial charge in [-0.05, 0) is 77.4 Å². The molecule has 1 atom stereocenters. The molecule has 36 heavy (non-hydrogen) atoms. The third kappa shape index (κ3) is 4.42. The first-order chi connectivity index (χ1) is 17.5. The summed E-state index contributed by atoms with van der Waals surface area (Å²) < 4.78 is 0. The summed E-state index contributed by atoms with van der Waals surface area (Å²) in [5, 5.41) is 5.66. The lowest BCUT2D eigenvalue weighted by Crippen LogP contribution is -2.35. The number of fused-ring (bicyclic) bond motifs is 1. The lowest BCUT2D eigenvalue weighted by Gasteiger charge is -2.40. The van der Waals surface area contributed by atoms with Gasteiger partial charge >= 0.3 is 0 Å². The van der Waals surface area contributed by atoms with Crippen molar-refractivity contribution in [1.82, 2.24) is 4.90 Å². The van der Waals surface area contributed by atoms with Crippen molar-refractivity contribution in [3.05, 3.63) is 126 Å². The standard InChI is InChI=1S/C29H20Cl4N2S/c30-20-10-9-18(24(32)14-20)13-19-7-4-8-23-27(19)34-29-35(26(16-36-29)17-5-2-1-3-6-17)28(23)22-12-11-21(31)15-25(22)33/h1-3,5-6,9-16,28H,4,7-8H2. The number of benzene rings is 3. The van der Waals surface area contributed by atoms with E-state index in [-0.39, 0.29) is 6.04 Å². The number of allylic oxidation sites excluding steroid dienone is 1. The number of halogens is 4. The molecule has 2 heterocycles. The Hall–Kier alpha value is -2.14. The average molecular weight is 570 g/mol. The van der Waals surface area contributed by atoms with Gasteiger partial charge in [0.15, 0.2) is 5.17 Å². The highest BCUT2D eigenvalue weighted by molar-refractivity contribution is 8.16. The molecule has 0 saturated heterocycles. The molecular formula is C29H20Cl4N2S. The van der Waals surface area contributed by atoms with Gasteiger partial charge in [0, 0.05) is 25.5 Å². The first-order valence-corrected chi connectivity index (χ1v) is 14.0. The van der Waals surface area contributed by atoms with Crippen LogP contribution in [-0.4, -0.2) is 10.1 Å². The number of nitrogens with zero attached hydrogens (tertiary/aromatic N) is 2. The minimum absolute atomic E-state index is 0.0805. The Bertz CT molecular complexity index is 1490. The lowest BCUT2D eigenvalue weighted by atomic mass is 9.82. The summed E-state index contributed by atoms with van der Waals surface area (Å²) in [5.41, 5.74) is 7.70. The van der Waals surface area contributed by atoms with E-state index in [9.17, 15) is 0 Å². The summed E-state index contributed by atoms with van der Waals surface area (Å²) in [6.07, 6.45) is 5.04. The number of hydrogen-bond donors (Lipinski definition) is 0. The summed E-state index contributed by atoms with van der Waals surface area (Å²) in [7, 11) is 0. The molecule has 3 aromatic rings. The molecule has 3 aliphatic rings. The first kappa shape index (κ1) is 24.2. The van der Waals surface area contributed by atoms with Gasteiger partial charge in [0.1, 0.15) is 0 Å². The van der Waals surface area contributed by atoms with E-state index in [4.69, 9.17) is 51.4 Å². The van der Waals surface area contributed by atoms with Crippen molar-refractivity contribution in [3.63, 3.8) is 0 Å². The largest absolute Gasteiger partial charge is 0.308 e. The summed E-state index contributed by atoms with van der Waals surface area (Å²) >= 11 is 27.4. The highest BCUT2D eigenvalue weighted by Crippen LogP contribution is 2.52. The fraction of sp³-hybridized carbons (Fsp3) is 0.138. The quantitative estimate of drug-likeness (QED) is 0.311. The normalized spacial score (nSPS) is 20.3. The van der Waals surface area contributed by atoms with Crippen molar-refractivity contribution >= 4 is 75.1 Å². The van der Waals surface area contributed by atoms with Crippen LogP contribution in [0.15, 0.2) is 94.0 Å². The second-order valence-corrected chi connectivity index (χ2v) is 11.4. The number of rotatable bonds is 3. The van der Waals surface area contributed by atoms with Crippen molar-refractivity contribution in [2.24, 2.45) is 4.99 Å². The second kappa shape index (κ2) is 9.96. The smallest absolute Gasteiger partial charge is 0.174 e. The zero-order valence-electron chi connectivity index (χ0n) is 19.0. The van der Waals surface area contributed by atoms with Crippen molar-refractivity contribution in [2.75, 3.05) is 0 Å². The SMILES string of the molecule is Clc1ccc(C=C2CCCC3=C2N=C2SC=C(c4ccccc4)N2C3c2ccc(Cl)cc2Cl)c(Cl)c1. The fourth-order valence-corrected chi connectivity index (χ4v) is 6.94. The average Bonchev–Trinajstić information content (AvgIpc) is 3.29. The van der Waals surface area contributed by atoms with Crippen LogP contribution in [0.25, 0.3) is 11.8 Å². The lowest BCUT2D eigenvalue weighted by molar-refractivity contribution is 0.458. The summed E-state index contributed by atoms with van der Waals surface area (Å²) in [6, 6.07) is 21.7. The predicted molar refractivity (Wildman–Crippen MR) is 156 cm³/mol. The topological polar surface area (TPSA) is 15.6 Å². The Balaban J connectivity index is 1.52. The summed E-state index contributed by atoms with van der Waals surface area (Å²) in [5.74, 6) is 0. The van der Waals surface area contributed by atoms with Crippen LogP contribution in [0.5, 0.6) is 0 Å². The van der Waals surface area contributed by atoms with E-state index in [0.29, 0.717) is 20.1 Å². The molecule has 2 nitrogen and oxygen atoms in total. The molecule has 0 saturated carbocycles. The van der Waals surface area contributed by atoms with E-state index < -0.39 is 0 Å². The van der Waals surface area contributed by atoms with Gasteiger partial charge in [-0.2, -0.15) is 0 Å². The third-order valence-electron chi connectivity index (χ3n) is 6.66. The van der Waals surface area contributed by atoms with Gasteiger partial charge in [0.2, 0.25) is 0 Å². The number of aliphatic imine (C=N–C) groups is 1. The second-order valence-electron chi connectivity index (χ2n) is 8.88. The molecule has 0 fully saturated rings. The molecule has 0 amide bonds. The Kier molecular flexibility index (Phi) is 6.70. The first-order valence-electron chi connectivity index (χ1n) is 11.6. The summed E-state index contributed by atoms with van der Waals surface area (Å²) in [4.78, 5) is 7.54. The van der Waals surface area contributed by atoms with Gasteiger partial charge in [-0.15, -0.1) is 0 Å². The minimum atomic E-state index is -0.0805. The third-order valence-corrected chi connectivity index (χ3v) is 8.62. The molecule has 0 radical (unpaired) electrons. The van der Waals surface area contributed by atoms with Crippen LogP contribution in [0, 0.1) is 0 Å². The van der Waals surface area contributed by atoms with E-state index in [1.807, 2.05) is 36.4 Å². The molecule has 180 valence electrons. The van der Waals surface area contributed by atoms with Crippen LogP contribution < -0.4 is 0 Å². The maximum Gasteiger partial charge on any atom is 0.174 e. The molecule has 7 heteroatoms. The minimum Gasteiger partial charge on any atom is -0.308 e. The van der Waals surface area contributed by atoms with E-state index >= 15 is 0 Å². The van der Waals surface area contributed by atoms with Crippen LogP contribution in [0.4, 0.5) is 0 Å². The molecule has 2 aliphatic heterocycles. The number of hydrogen-bond acceptors (Lipinski definition) is 3. The Labute approximate surface area is 234 Å². The van der Waals surface area contributed by atoms with Crippen LogP contribution in [0.3, 0.4) is 0 Å². The van der Waals surface area contributed by atoms with E-state index in [2.05, 4.69) is 40.6 Å². The molecule has 0 aromatic heterocycles. The Morgan fingerprint density at radius 2 is 1.61 bits per heavy atom. The van der Waals surface area contributed by atoms with Crippen LogP contribution >= 0.6 is 58.2 Å². The van der Waals surface area contributed by atoms with Crippen LogP contribution in [-0.2, 0) is 0 Å². The van der Waals surface area contributed by atoms with Gasteiger partial charge in [-0.3, -0.25) is 0 Å². The van der Waals surface area contributed by atoms with Crippen molar-refractivity contribution < 1.29 is 0 Å². The van der Waals surface area contributed by atoms with E-state index in [1.54, 1.807) is 17.8 Å². The highest BCUT2D eigenvalue weighted by Gasteiger charge is 2.40. The summed E-state index contributed by atoms with van der Waals surface area (Å²) in [6.45, 7) is 0. The van der Waals surface area contributed by atoms with Gasteiger partial charge in [0.25, 0.3) is 0 Å². The van der Waals surface area contributed by atoms with Gasteiger partial charge in [-0.25, -0.2) is 4.99 Å². The predicted octanol–water partition coefficient (Wildman–Crippen LogP) is 10.3. The zero-order valence-corrected chi connectivity index (χ0v) is 22.9. The maximum atomic E-state index is 6.84. The molecule has 0 N–H and O–H groups in total. The molecule has 1 unspecified atom stereocenters. The zero-order chi connectivity index (χ0) is 24.8. The van der Waals surface area contributed by atoms with Crippen molar-refractivity contribution in [2.45, 2.75) is 25.3 Å². The van der Waals surface area contributed by atoms with Gasteiger partial charge in [-0.1, -0.05) is 101 Å². The fourth-order valence-electron chi connectivity index (χ4n) is 5.04. The Morgan fingerprint density at radius 3 is 2.36 bits per heavy atom. The molecule has 6 rings (SSSR count). The van der Waals surface area contributed by atoms with Crippen molar-refractivity contribution in [1.29, 1.82) is 0 Å². The van der Waals surface area contributed by atoms with Crippen LogP contribution in [0.1, 0.15) is 42.0 Å². The number of amidine groups is 1. The van der Waals surface area contributed by atoms with E-state index in [0.717, 1.165) is 52.5 Å². The molecule has 0 spiro atoms. The Morgan fingerprint density at radius 1 is 0.861 bits per heavy atom. The van der Waals surface area contributed by atoms with Gasteiger partial charge in [0.05, 0.1) is 17.4 Å². The number of thioether (sulfide) groups is 1. The van der Waals surface area contributed by atoms with E-state index in [1.165, 1.54) is 11.1 Å². The maximum absolute atomic E-state index is 6.84. The van der Waals surface area contributed by atoms with Crippen molar-refractivity contribution in [3.8, 4) is 0 Å². The van der Waals surface area contributed by atoms with Crippen LogP contribution in [0.2, 0.25) is 20.1 Å². The molecular weight excluding hydrogens is 550 g/mol.